The molecule has 0 radical (unpaired) electrons. The molecule has 6 nitrogen and oxygen atoms in total. The number of esters is 1. The standard InChI is InChI=1S/C17H23N3O3/c1-19-16(13-4-2-3-5-14(13)18-19)17(22)23-10-11-8-15(21)20(9-11)12-6-7-12/h11-12H,2-10H2,1H3/t11-/m1/s1. The van der Waals surface area contributed by atoms with Crippen LogP contribution in [-0.2, 0) is 29.4 Å². The molecule has 1 aromatic heterocycles. The van der Waals surface area contributed by atoms with Gasteiger partial charge >= 0.3 is 5.97 Å². The Hall–Kier alpha value is -1.85. The number of fused-ring (bicyclic) bond motifs is 1. The van der Waals surface area contributed by atoms with E-state index < -0.39 is 0 Å². The molecule has 1 saturated heterocycles. The Morgan fingerprint density at radius 1 is 1.30 bits per heavy atom. The Balaban J connectivity index is 1.39. The molecule has 6 heteroatoms. The molecule has 4 rings (SSSR count). The van der Waals surface area contributed by atoms with Crippen LogP contribution in [0.15, 0.2) is 0 Å². The van der Waals surface area contributed by atoms with Gasteiger partial charge in [0.2, 0.25) is 5.91 Å². The van der Waals surface area contributed by atoms with Crippen LogP contribution in [0.3, 0.4) is 0 Å². The first kappa shape index (κ1) is 14.7. The number of ether oxygens (including phenoxy) is 1. The number of nitrogens with zero attached hydrogens (tertiary/aromatic N) is 3. The lowest BCUT2D eigenvalue weighted by Gasteiger charge is -2.16. The van der Waals surface area contributed by atoms with Gasteiger partial charge in [0, 0.05) is 37.5 Å². The highest BCUT2D eigenvalue weighted by Gasteiger charge is 2.39. The largest absolute Gasteiger partial charge is 0.461 e. The fourth-order valence-electron chi connectivity index (χ4n) is 3.86. The first-order chi connectivity index (χ1) is 11.1. The summed E-state index contributed by atoms with van der Waals surface area (Å²) in [6, 6.07) is 0.451. The van der Waals surface area contributed by atoms with Gasteiger partial charge in [-0.1, -0.05) is 0 Å². The molecule has 2 aliphatic carbocycles. The fourth-order valence-corrected chi connectivity index (χ4v) is 3.86. The molecule has 2 fully saturated rings. The summed E-state index contributed by atoms with van der Waals surface area (Å²) in [5.74, 6) is 0.0584. The van der Waals surface area contributed by atoms with Gasteiger partial charge in [0.25, 0.3) is 0 Å². The number of carbonyl (C=O) groups is 2. The van der Waals surface area contributed by atoms with Crippen LogP contribution in [0.5, 0.6) is 0 Å². The average Bonchev–Trinajstić information content (AvgIpc) is 3.22. The van der Waals surface area contributed by atoms with Gasteiger partial charge < -0.3 is 9.64 Å². The number of carbonyl (C=O) groups excluding carboxylic acids is 2. The summed E-state index contributed by atoms with van der Waals surface area (Å²) in [7, 11) is 1.81. The maximum absolute atomic E-state index is 12.5. The Morgan fingerprint density at radius 2 is 2.09 bits per heavy atom. The van der Waals surface area contributed by atoms with Gasteiger partial charge in [0.05, 0.1) is 12.3 Å². The molecule has 124 valence electrons. The second-order valence-electron chi connectivity index (χ2n) is 7.05. The van der Waals surface area contributed by atoms with Crippen LogP contribution in [0.2, 0.25) is 0 Å². The first-order valence-corrected chi connectivity index (χ1v) is 8.65. The lowest BCUT2D eigenvalue weighted by Crippen LogP contribution is -2.28. The summed E-state index contributed by atoms with van der Waals surface area (Å²) >= 11 is 0. The zero-order valence-electron chi connectivity index (χ0n) is 13.6. The van der Waals surface area contributed by atoms with Crippen LogP contribution in [-0.4, -0.2) is 45.8 Å². The summed E-state index contributed by atoms with van der Waals surface area (Å²) in [5.41, 5.74) is 2.70. The van der Waals surface area contributed by atoms with Crippen molar-refractivity contribution in [2.24, 2.45) is 13.0 Å². The van der Waals surface area contributed by atoms with E-state index in [9.17, 15) is 9.59 Å². The first-order valence-electron chi connectivity index (χ1n) is 8.65. The van der Waals surface area contributed by atoms with Gasteiger partial charge in [-0.3, -0.25) is 9.48 Å². The molecule has 1 amide bonds. The third-order valence-corrected chi connectivity index (χ3v) is 5.19. The topological polar surface area (TPSA) is 64.4 Å². The van der Waals surface area contributed by atoms with E-state index >= 15 is 0 Å². The molecule has 1 saturated carbocycles. The fraction of sp³-hybridized carbons (Fsp3) is 0.706. The molecule has 1 aromatic rings. The molecular weight excluding hydrogens is 294 g/mol. The lowest BCUT2D eigenvalue weighted by atomic mass is 9.96. The number of hydrogen-bond acceptors (Lipinski definition) is 4. The van der Waals surface area contributed by atoms with Crippen LogP contribution in [0, 0.1) is 5.92 Å². The molecule has 0 aromatic carbocycles. The minimum atomic E-state index is -0.291. The maximum atomic E-state index is 12.5. The average molecular weight is 317 g/mol. The van der Waals surface area contributed by atoms with Gasteiger partial charge in [-0.2, -0.15) is 5.10 Å². The number of aromatic nitrogens is 2. The van der Waals surface area contributed by atoms with E-state index in [1.807, 2.05) is 11.9 Å². The number of likely N-dealkylation sites (tertiary alicyclic amines) is 1. The third-order valence-electron chi connectivity index (χ3n) is 5.19. The number of amides is 1. The zero-order chi connectivity index (χ0) is 16.0. The van der Waals surface area contributed by atoms with E-state index in [0.717, 1.165) is 56.3 Å². The summed E-state index contributed by atoms with van der Waals surface area (Å²) in [5, 5.41) is 4.46. The molecule has 0 unspecified atom stereocenters. The quantitative estimate of drug-likeness (QED) is 0.789. The predicted molar refractivity (Wildman–Crippen MR) is 83.0 cm³/mol. The Bertz CT molecular complexity index is 648. The molecule has 1 aliphatic heterocycles. The van der Waals surface area contributed by atoms with Crippen molar-refractivity contribution in [1.82, 2.24) is 14.7 Å². The minimum absolute atomic E-state index is 0.135. The van der Waals surface area contributed by atoms with Crippen LogP contribution >= 0.6 is 0 Å². The molecular formula is C17H23N3O3. The second kappa shape index (κ2) is 5.65. The van der Waals surface area contributed by atoms with E-state index in [2.05, 4.69) is 5.10 Å². The summed E-state index contributed by atoms with van der Waals surface area (Å²) in [6.07, 6.45) is 6.85. The Labute approximate surface area is 135 Å². The number of rotatable bonds is 4. The van der Waals surface area contributed by atoms with Gasteiger partial charge in [0.15, 0.2) is 0 Å². The van der Waals surface area contributed by atoms with Crippen LogP contribution in [0.4, 0.5) is 0 Å². The Morgan fingerprint density at radius 3 is 2.87 bits per heavy atom. The lowest BCUT2D eigenvalue weighted by molar-refractivity contribution is -0.128. The van der Waals surface area contributed by atoms with Crippen molar-refractivity contribution in [2.45, 2.75) is 51.0 Å². The van der Waals surface area contributed by atoms with Crippen molar-refractivity contribution in [3.63, 3.8) is 0 Å². The van der Waals surface area contributed by atoms with Gasteiger partial charge in [-0.15, -0.1) is 0 Å². The highest BCUT2D eigenvalue weighted by Crippen LogP contribution is 2.32. The van der Waals surface area contributed by atoms with Gasteiger partial charge in [-0.05, 0) is 38.5 Å². The van der Waals surface area contributed by atoms with E-state index in [0.29, 0.717) is 24.8 Å². The van der Waals surface area contributed by atoms with Crippen molar-refractivity contribution in [2.75, 3.05) is 13.2 Å². The molecule has 3 aliphatic rings. The SMILES string of the molecule is Cn1nc2c(c1C(=O)OC[C@@H]1CC(=O)N(C3CC3)C1)CCCC2. The number of hydrogen-bond donors (Lipinski definition) is 0. The summed E-state index contributed by atoms with van der Waals surface area (Å²) in [4.78, 5) is 26.4. The third kappa shape index (κ3) is 2.75. The molecule has 1 atom stereocenters. The van der Waals surface area contributed by atoms with E-state index in [4.69, 9.17) is 4.74 Å². The zero-order valence-corrected chi connectivity index (χ0v) is 13.6. The highest BCUT2D eigenvalue weighted by atomic mass is 16.5. The van der Waals surface area contributed by atoms with Crippen molar-refractivity contribution in [1.29, 1.82) is 0 Å². The molecule has 23 heavy (non-hydrogen) atoms. The van der Waals surface area contributed by atoms with Crippen LogP contribution in [0.1, 0.15) is 53.8 Å². The Kier molecular flexibility index (Phi) is 3.62. The molecule has 0 bridgehead atoms. The molecule has 0 spiro atoms. The minimum Gasteiger partial charge on any atom is -0.461 e. The predicted octanol–water partition coefficient (Wildman–Crippen LogP) is 1.47. The summed E-state index contributed by atoms with van der Waals surface area (Å²) in [6.45, 7) is 1.06. The van der Waals surface area contributed by atoms with Crippen LogP contribution in [0.25, 0.3) is 0 Å². The van der Waals surface area contributed by atoms with E-state index in [1.54, 1.807) is 4.68 Å². The van der Waals surface area contributed by atoms with Crippen molar-refractivity contribution in [3.05, 3.63) is 17.0 Å². The highest BCUT2D eigenvalue weighted by molar-refractivity contribution is 5.89. The second-order valence-corrected chi connectivity index (χ2v) is 7.05. The normalized spacial score (nSPS) is 24.0. The monoisotopic (exact) mass is 317 g/mol. The van der Waals surface area contributed by atoms with Crippen molar-refractivity contribution >= 4 is 11.9 Å². The number of aryl methyl sites for hydroxylation is 2. The van der Waals surface area contributed by atoms with Gasteiger partial charge in [0.1, 0.15) is 5.69 Å². The van der Waals surface area contributed by atoms with Crippen molar-refractivity contribution < 1.29 is 14.3 Å². The molecule has 2 heterocycles. The molecule has 0 N–H and O–H groups in total. The summed E-state index contributed by atoms with van der Waals surface area (Å²) < 4.78 is 7.20. The van der Waals surface area contributed by atoms with E-state index in [-0.39, 0.29) is 17.8 Å². The van der Waals surface area contributed by atoms with Crippen LogP contribution < -0.4 is 0 Å². The van der Waals surface area contributed by atoms with Gasteiger partial charge in [-0.25, -0.2) is 4.79 Å². The van der Waals surface area contributed by atoms with Crippen molar-refractivity contribution in [3.8, 4) is 0 Å². The smallest absolute Gasteiger partial charge is 0.356 e. The van der Waals surface area contributed by atoms with E-state index in [1.165, 1.54) is 0 Å². The maximum Gasteiger partial charge on any atom is 0.356 e.